The number of nitrogens with two attached hydrogens (primary N) is 1. The Labute approximate surface area is 261 Å². The van der Waals surface area contributed by atoms with Gasteiger partial charge in [-0.2, -0.15) is 0 Å². The maximum absolute atomic E-state index is 13.1. The highest BCUT2D eigenvalue weighted by Gasteiger charge is 2.22. The summed E-state index contributed by atoms with van der Waals surface area (Å²) in [6.45, 7) is 12.2. The van der Waals surface area contributed by atoms with E-state index in [9.17, 15) is 9.59 Å². The molecule has 2 aliphatic heterocycles. The molecule has 3 rings (SSSR count). The number of carbonyl (C=O) groups excluding carboxylic acids is 2. The summed E-state index contributed by atoms with van der Waals surface area (Å²) < 4.78 is 2.34. The Bertz CT molecular complexity index is 1480. The second kappa shape index (κ2) is 16.4. The summed E-state index contributed by atoms with van der Waals surface area (Å²) in [6, 6.07) is 1.96. The molecule has 5 N–H and O–H groups in total. The van der Waals surface area contributed by atoms with Crippen molar-refractivity contribution >= 4 is 41.3 Å². The summed E-state index contributed by atoms with van der Waals surface area (Å²) in [6.07, 6.45) is 17.1. The largest absolute Gasteiger partial charge is 0.404 e. The van der Waals surface area contributed by atoms with Crippen LogP contribution in [0.15, 0.2) is 75.6 Å². The van der Waals surface area contributed by atoms with Gasteiger partial charge in [-0.3, -0.25) is 24.5 Å². The quantitative estimate of drug-likeness (QED) is 0.158. The van der Waals surface area contributed by atoms with E-state index in [1.165, 1.54) is 11.8 Å². The van der Waals surface area contributed by atoms with E-state index in [1.807, 2.05) is 24.8 Å². The second-order valence-electron chi connectivity index (χ2n) is 11.2. The van der Waals surface area contributed by atoms with E-state index in [0.717, 1.165) is 48.4 Å². The molecule has 10 heteroatoms. The predicted molar refractivity (Wildman–Crippen MR) is 181 cm³/mol. The molecule has 0 aromatic carbocycles. The maximum Gasteiger partial charge on any atom is 0.251 e. The minimum Gasteiger partial charge on any atom is -0.404 e. The van der Waals surface area contributed by atoms with E-state index in [2.05, 4.69) is 57.3 Å². The molecule has 44 heavy (non-hydrogen) atoms. The van der Waals surface area contributed by atoms with Gasteiger partial charge in [0.1, 0.15) is 6.54 Å². The fraction of sp³-hybridized carbons (Fsp3) is 0.412. The molecule has 2 aliphatic rings. The van der Waals surface area contributed by atoms with Crippen molar-refractivity contribution in [3.05, 3.63) is 76.3 Å². The minimum absolute atomic E-state index is 0.163. The van der Waals surface area contributed by atoms with Gasteiger partial charge in [-0.15, -0.1) is 0 Å². The maximum atomic E-state index is 13.1. The molecule has 234 valence electrons. The Hall–Kier alpha value is -4.44. The number of carbonyl (C=O) groups is 2. The topological polar surface area (TPSA) is 140 Å². The summed E-state index contributed by atoms with van der Waals surface area (Å²) in [5, 5.41) is 13.4. The number of nitrogens with one attached hydrogen (secondary N) is 3. The fourth-order valence-electron chi connectivity index (χ4n) is 5.28. The Balaban J connectivity index is 1.63. The lowest BCUT2D eigenvalue weighted by molar-refractivity contribution is -0.553. The summed E-state index contributed by atoms with van der Waals surface area (Å²) in [5.41, 5.74) is 13.3. The number of hydrogen-bond donors (Lipinski definition) is 4. The first-order valence-corrected chi connectivity index (χ1v) is 15.1. The van der Waals surface area contributed by atoms with Crippen LogP contribution in [0.4, 0.5) is 11.4 Å². The van der Waals surface area contributed by atoms with Gasteiger partial charge >= 0.3 is 0 Å². The average Bonchev–Trinajstić information content (AvgIpc) is 3.16. The van der Waals surface area contributed by atoms with Crippen LogP contribution in [0.1, 0.15) is 52.7 Å². The molecular formula is C34H47N8O2+. The molecule has 0 bridgehead atoms. The normalized spacial score (nSPS) is 18.4. The highest BCUT2D eigenvalue weighted by atomic mass is 16.2. The van der Waals surface area contributed by atoms with Crippen molar-refractivity contribution < 1.29 is 14.2 Å². The molecule has 3 heterocycles. The number of pyridine rings is 1. The third-order valence-electron chi connectivity index (χ3n) is 8.00. The molecule has 0 radical (unpaired) electrons. The van der Waals surface area contributed by atoms with E-state index in [0.29, 0.717) is 35.6 Å². The standard InChI is InChI=1S/C34H46N8O2/c1-7-31-11-10-27(28(17-35)19-37-6)15-25(4)42(31)13-8-9-24(3)34(44)40-32-16-30(20-38-26(32)5)39-33(43)22-41-14-12-23(2)29(18-36)21-41/h9-11,15-20,31,35-36H,7-8,12-14,21-22H2,1-6H3,(H2,39,40,43,44)/p+1. The molecule has 0 saturated heterocycles. The molecule has 1 atom stereocenters. The van der Waals surface area contributed by atoms with Crippen molar-refractivity contribution in [1.29, 1.82) is 5.41 Å². The summed E-state index contributed by atoms with van der Waals surface area (Å²) >= 11 is 0. The van der Waals surface area contributed by atoms with Gasteiger partial charge in [0, 0.05) is 75.8 Å². The SMILES string of the molecule is CCC1C=CC(/C(C=NC)=C/N)=CC(C)=[N+]1CCC=C(C)C(=O)Nc1cc(NC(=O)CN2CCC(C)=C(C=N)C2)cnc1C. The van der Waals surface area contributed by atoms with E-state index in [-0.39, 0.29) is 24.4 Å². The van der Waals surface area contributed by atoms with Crippen molar-refractivity contribution in [3.63, 3.8) is 0 Å². The zero-order valence-corrected chi connectivity index (χ0v) is 26.9. The van der Waals surface area contributed by atoms with Gasteiger partial charge in [-0.25, -0.2) is 4.58 Å². The van der Waals surface area contributed by atoms with Gasteiger partial charge in [0.2, 0.25) is 5.91 Å². The first-order valence-electron chi connectivity index (χ1n) is 15.1. The van der Waals surface area contributed by atoms with Crippen LogP contribution in [-0.2, 0) is 9.59 Å². The molecule has 1 unspecified atom stereocenters. The Morgan fingerprint density at radius 3 is 2.73 bits per heavy atom. The Morgan fingerprint density at radius 1 is 1.27 bits per heavy atom. The number of allylic oxidation sites excluding steroid dienone is 4. The second-order valence-corrected chi connectivity index (χ2v) is 11.2. The van der Waals surface area contributed by atoms with Gasteiger partial charge in [-0.05, 0) is 50.5 Å². The van der Waals surface area contributed by atoms with Gasteiger partial charge in [0.05, 0.1) is 29.8 Å². The first kappa shape index (κ1) is 34.1. The summed E-state index contributed by atoms with van der Waals surface area (Å²) in [4.78, 5) is 36.3. The van der Waals surface area contributed by atoms with Crippen molar-refractivity contribution in [3.8, 4) is 0 Å². The number of hydrogen-bond acceptors (Lipinski definition) is 7. The highest BCUT2D eigenvalue weighted by molar-refractivity contribution is 6.04. The first-order chi connectivity index (χ1) is 21.1. The van der Waals surface area contributed by atoms with Crippen LogP contribution in [-0.4, -0.2) is 83.7 Å². The zero-order chi connectivity index (χ0) is 32.2. The van der Waals surface area contributed by atoms with Crippen LogP contribution in [0, 0.1) is 12.3 Å². The summed E-state index contributed by atoms with van der Waals surface area (Å²) in [7, 11) is 1.73. The van der Waals surface area contributed by atoms with Crippen LogP contribution in [0.3, 0.4) is 0 Å². The molecule has 0 fully saturated rings. The smallest absolute Gasteiger partial charge is 0.251 e. The van der Waals surface area contributed by atoms with Gasteiger partial charge < -0.3 is 21.8 Å². The third-order valence-corrected chi connectivity index (χ3v) is 8.00. The van der Waals surface area contributed by atoms with Crippen molar-refractivity contribution in [2.24, 2.45) is 10.7 Å². The molecule has 0 spiro atoms. The lowest BCUT2D eigenvalue weighted by Crippen LogP contribution is -2.38. The van der Waals surface area contributed by atoms with Crippen LogP contribution < -0.4 is 16.4 Å². The molecule has 1 aromatic rings. The Morgan fingerprint density at radius 2 is 2.05 bits per heavy atom. The van der Waals surface area contributed by atoms with E-state index in [1.54, 1.807) is 38.6 Å². The number of nitrogens with zero attached hydrogens (tertiary/aromatic N) is 4. The molecule has 2 amide bonds. The minimum atomic E-state index is -0.213. The summed E-state index contributed by atoms with van der Waals surface area (Å²) in [5.74, 6) is -0.375. The lowest BCUT2D eigenvalue weighted by Gasteiger charge is -2.27. The average molecular weight is 600 g/mol. The fourth-order valence-corrected chi connectivity index (χ4v) is 5.28. The van der Waals surface area contributed by atoms with Crippen molar-refractivity contribution in [2.75, 3.05) is 43.9 Å². The van der Waals surface area contributed by atoms with Crippen LogP contribution in [0.25, 0.3) is 0 Å². The van der Waals surface area contributed by atoms with Crippen LogP contribution in [0.5, 0.6) is 0 Å². The van der Waals surface area contributed by atoms with Crippen molar-refractivity contribution in [1.82, 2.24) is 9.88 Å². The number of aromatic nitrogens is 1. The molecule has 1 aromatic heterocycles. The molecule has 0 saturated carbocycles. The number of rotatable bonds is 12. The predicted octanol–water partition coefficient (Wildman–Crippen LogP) is 4.57. The zero-order valence-electron chi connectivity index (χ0n) is 26.9. The van der Waals surface area contributed by atoms with E-state index >= 15 is 0 Å². The van der Waals surface area contributed by atoms with E-state index < -0.39 is 0 Å². The number of amides is 2. The van der Waals surface area contributed by atoms with E-state index in [4.69, 9.17) is 11.1 Å². The van der Waals surface area contributed by atoms with Crippen molar-refractivity contribution in [2.45, 2.75) is 59.9 Å². The van der Waals surface area contributed by atoms with Crippen LogP contribution >= 0.6 is 0 Å². The number of aryl methyl sites for hydroxylation is 1. The monoisotopic (exact) mass is 599 g/mol. The number of anilines is 2. The van der Waals surface area contributed by atoms with Gasteiger partial charge in [-0.1, -0.05) is 24.6 Å². The highest BCUT2D eigenvalue weighted by Crippen LogP contribution is 2.20. The van der Waals surface area contributed by atoms with Gasteiger partial charge in [0.25, 0.3) is 5.91 Å². The lowest BCUT2D eigenvalue weighted by atomic mass is 10.0. The molecular weight excluding hydrogens is 552 g/mol. The molecule has 0 aliphatic carbocycles. The molecule has 10 nitrogen and oxygen atoms in total. The van der Waals surface area contributed by atoms with Crippen LogP contribution in [0.2, 0.25) is 0 Å². The van der Waals surface area contributed by atoms with Gasteiger partial charge in [0.15, 0.2) is 11.8 Å². The third kappa shape index (κ3) is 9.28. The Kier molecular flexibility index (Phi) is 12.7. The number of aliphatic imine (C=N–C) groups is 1.